The third kappa shape index (κ3) is 4.28. The summed E-state index contributed by atoms with van der Waals surface area (Å²) in [5.74, 6) is 0.550. The first-order chi connectivity index (χ1) is 7.98. The van der Waals surface area contributed by atoms with Gasteiger partial charge in [-0.3, -0.25) is 4.79 Å². The number of nitrogens with one attached hydrogen (secondary N) is 2. The maximum Gasteiger partial charge on any atom is 0.227 e. The lowest BCUT2D eigenvalue weighted by atomic mass is 9.81. The van der Waals surface area contributed by atoms with Crippen molar-refractivity contribution in [3.05, 3.63) is 0 Å². The highest BCUT2D eigenvalue weighted by atomic mass is 16.3. The second-order valence-corrected chi connectivity index (χ2v) is 5.82. The Morgan fingerprint density at radius 1 is 1.53 bits per heavy atom. The fourth-order valence-electron chi connectivity index (χ4n) is 2.36. The monoisotopic (exact) mass is 242 g/mol. The number of aliphatic hydroxyl groups is 1. The van der Waals surface area contributed by atoms with Crippen LogP contribution in [0.15, 0.2) is 0 Å². The Morgan fingerprint density at radius 2 is 2.24 bits per heavy atom. The SMILES string of the molecule is CC(C)CC(CO)NC(=O)C1(C)CCCNC1. The third-order valence-corrected chi connectivity index (χ3v) is 3.46. The summed E-state index contributed by atoms with van der Waals surface area (Å²) in [5, 5.41) is 15.5. The number of amides is 1. The summed E-state index contributed by atoms with van der Waals surface area (Å²) in [6.45, 7) is 7.94. The maximum atomic E-state index is 12.2. The second-order valence-electron chi connectivity index (χ2n) is 5.82. The molecule has 1 fully saturated rings. The lowest BCUT2D eigenvalue weighted by Crippen LogP contribution is -2.52. The summed E-state index contributed by atoms with van der Waals surface area (Å²) in [5.41, 5.74) is -0.317. The van der Waals surface area contributed by atoms with Crippen LogP contribution in [0.3, 0.4) is 0 Å². The molecule has 0 aromatic rings. The van der Waals surface area contributed by atoms with Crippen molar-refractivity contribution < 1.29 is 9.90 Å². The number of piperidine rings is 1. The molecule has 0 radical (unpaired) electrons. The van der Waals surface area contributed by atoms with Crippen molar-refractivity contribution in [1.29, 1.82) is 0 Å². The Hall–Kier alpha value is -0.610. The van der Waals surface area contributed by atoms with E-state index in [4.69, 9.17) is 0 Å². The number of aliphatic hydroxyl groups excluding tert-OH is 1. The molecule has 0 bridgehead atoms. The summed E-state index contributed by atoms with van der Waals surface area (Å²) in [6.07, 6.45) is 2.79. The van der Waals surface area contributed by atoms with Gasteiger partial charge in [0.25, 0.3) is 0 Å². The molecule has 4 heteroatoms. The van der Waals surface area contributed by atoms with Crippen molar-refractivity contribution in [2.75, 3.05) is 19.7 Å². The first-order valence-electron chi connectivity index (χ1n) is 6.60. The lowest BCUT2D eigenvalue weighted by Gasteiger charge is -2.34. The smallest absolute Gasteiger partial charge is 0.227 e. The summed E-state index contributed by atoms with van der Waals surface area (Å²) < 4.78 is 0. The van der Waals surface area contributed by atoms with Gasteiger partial charge < -0.3 is 15.7 Å². The van der Waals surface area contributed by atoms with Gasteiger partial charge in [-0.15, -0.1) is 0 Å². The molecular formula is C13H26N2O2. The highest BCUT2D eigenvalue weighted by Crippen LogP contribution is 2.25. The van der Waals surface area contributed by atoms with E-state index in [1.165, 1.54) is 0 Å². The highest BCUT2D eigenvalue weighted by molar-refractivity contribution is 5.82. The molecule has 0 saturated carbocycles. The van der Waals surface area contributed by atoms with Crippen LogP contribution >= 0.6 is 0 Å². The van der Waals surface area contributed by atoms with Gasteiger partial charge in [-0.25, -0.2) is 0 Å². The molecule has 1 aliphatic heterocycles. The van der Waals surface area contributed by atoms with E-state index < -0.39 is 0 Å². The zero-order chi connectivity index (χ0) is 12.9. The van der Waals surface area contributed by atoms with Crippen LogP contribution in [-0.2, 0) is 4.79 Å². The van der Waals surface area contributed by atoms with E-state index in [1.807, 2.05) is 6.92 Å². The minimum absolute atomic E-state index is 0.0213. The maximum absolute atomic E-state index is 12.2. The number of carbonyl (C=O) groups excluding carboxylic acids is 1. The van der Waals surface area contributed by atoms with Gasteiger partial charge in [-0.2, -0.15) is 0 Å². The van der Waals surface area contributed by atoms with Crippen LogP contribution in [0.5, 0.6) is 0 Å². The van der Waals surface area contributed by atoms with Gasteiger partial charge in [-0.1, -0.05) is 13.8 Å². The molecule has 0 spiro atoms. The fourth-order valence-corrected chi connectivity index (χ4v) is 2.36. The summed E-state index contributed by atoms with van der Waals surface area (Å²) in [7, 11) is 0. The predicted octanol–water partition coefficient (Wildman–Crippen LogP) is 0.899. The van der Waals surface area contributed by atoms with E-state index >= 15 is 0 Å². The van der Waals surface area contributed by atoms with Gasteiger partial charge in [0, 0.05) is 6.54 Å². The van der Waals surface area contributed by atoms with Gasteiger partial charge in [0.05, 0.1) is 18.1 Å². The van der Waals surface area contributed by atoms with Crippen molar-refractivity contribution in [3.8, 4) is 0 Å². The number of carbonyl (C=O) groups is 1. The molecule has 0 aromatic carbocycles. The molecule has 0 aliphatic carbocycles. The molecule has 1 saturated heterocycles. The van der Waals surface area contributed by atoms with E-state index in [0.717, 1.165) is 32.4 Å². The molecule has 1 aliphatic rings. The minimum atomic E-state index is -0.317. The number of rotatable bonds is 5. The molecule has 3 N–H and O–H groups in total. The largest absolute Gasteiger partial charge is 0.394 e. The summed E-state index contributed by atoms with van der Waals surface area (Å²) in [4.78, 5) is 12.2. The van der Waals surface area contributed by atoms with Gasteiger partial charge in [0.2, 0.25) is 5.91 Å². The molecule has 1 amide bonds. The van der Waals surface area contributed by atoms with Crippen LogP contribution in [0.25, 0.3) is 0 Å². The van der Waals surface area contributed by atoms with Crippen LogP contribution in [0, 0.1) is 11.3 Å². The molecule has 1 heterocycles. The zero-order valence-corrected chi connectivity index (χ0v) is 11.3. The van der Waals surface area contributed by atoms with Gasteiger partial charge in [0.15, 0.2) is 0 Å². The van der Waals surface area contributed by atoms with Crippen molar-refractivity contribution in [2.24, 2.45) is 11.3 Å². The van der Waals surface area contributed by atoms with Crippen molar-refractivity contribution >= 4 is 5.91 Å². The molecular weight excluding hydrogens is 216 g/mol. The van der Waals surface area contributed by atoms with E-state index in [9.17, 15) is 9.90 Å². The van der Waals surface area contributed by atoms with Gasteiger partial charge >= 0.3 is 0 Å². The average Bonchev–Trinajstić information content (AvgIpc) is 2.28. The van der Waals surface area contributed by atoms with Gasteiger partial charge in [-0.05, 0) is 38.6 Å². The summed E-state index contributed by atoms with van der Waals surface area (Å²) >= 11 is 0. The van der Waals surface area contributed by atoms with E-state index in [0.29, 0.717) is 5.92 Å². The third-order valence-electron chi connectivity index (χ3n) is 3.46. The van der Waals surface area contributed by atoms with Crippen molar-refractivity contribution in [1.82, 2.24) is 10.6 Å². The molecule has 17 heavy (non-hydrogen) atoms. The minimum Gasteiger partial charge on any atom is -0.394 e. The first kappa shape index (κ1) is 14.5. The molecule has 2 unspecified atom stereocenters. The first-order valence-corrected chi connectivity index (χ1v) is 6.60. The van der Waals surface area contributed by atoms with E-state index in [1.54, 1.807) is 0 Å². The van der Waals surface area contributed by atoms with E-state index in [2.05, 4.69) is 24.5 Å². The normalized spacial score (nSPS) is 26.9. The Bertz CT molecular complexity index is 248. The van der Waals surface area contributed by atoms with E-state index in [-0.39, 0.29) is 24.0 Å². The summed E-state index contributed by atoms with van der Waals surface area (Å²) in [6, 6.07) is -0.110. The fraction of sp³-hybridized carbons (Fsp3) is 0.923. The van der Waals surface area contributed by atoms with Gasteiger partial charge in [0.1, 0.15) is 0 Å². The van der Waals surface area contributed by atoms with Crippen LogP contribution in [-0.4, -0.2) is 36.8 Å². The Labute approximate surface area is 104 Å². The molecule has 2 atom stereocenters. The standard InChI is InChI=1S/C13H26N2O2/c1-10(2)7-11(8-16)15-12(17)13(3)5-4-6-14-9-13/h10-11,14,16H,4-9H2,1-3H3,(H,15,17). The predicted molar refractivity (Wildman–Crippen MR) is 68.7 cm³/mol. The molecule has 1 rings (SSSR count). The van der Waals surface area contributed by atoms with Crippen LogP contribution in [0.1, 0.15) is 40.0 Å². The number of hydrogen-bond donors (Lipinski definition) is 3. The lowest BCUT2D eigenvalue weighted by molar-refractivity contribution is -0.132. The Balaban J connectivity index is 2.50. The number of hydrogen-bond acceptors (Lipinski definition) is 3. The average molecular weight is 242 g/mol. The molecule has 0 aromatic heterocycles. The Morgan fingerprint density at radius 3 is 2.71 bits per heavy atom. The Kier molecular flexibility index (Phi) is 5.40. The second kappa shape index (κ2) is 6.36. The molecule has 4 nitrogen and oxygen atoms in total. The van der Waals surface area contributed by atoms with Crippen LogP contribution < -0.4 is 10.6 Å². The topological polar surface area (TPSA) is 61.4 Å². The zero-order valence-electron chi connectivity index (χ0n) is 11.3. The quantitative estimate of drug-likeness (QED) is 0.671. The highest BCUT2D eigenvalue weighted by Gasteiger charge is 2.35. The molecule has 100 valence electrons. The van der Waals surface area contributed by atoms with Crippen molar-refractivity contribution in [3.63, 3.8) is 0 Å². The van der Waals surface area contributed by atoms with Crippen LogP contribution in [0.2, 0.25) is 0 Å². The van der Waals surface area contributed by atoms with Crippen LogP contribution in [0.4, 0.5) is 0 Å². The van der Waals surface area contributed by atoms with Crippen molar-refractivity contribution in [2.45, 2.75) is 46.1 Å².